The van der Waals surface area contributed by atoms with E-state index in [1.165, 1.54) is 0 Å². The van der Waals surface area contributed by atoms with Crippen molar-refractivity contribution < 1.29 is 19.4 Å². The Morgan fingerprint density at radius 1 is 1.10 bits per heavy atom. The monoisotopic (exact) mass is 284 g/mol. The van der Waals surface area contributed by atoms with Crippen molar-refractivity contribution in [1.82, 2.24) is 10.2 Å². The first kappa shape index (κ1) is 15.1. The lowest BCUT2D eigenvalue weighted by Crippen LogP contribution is -2.50. The van der Waals surface area contributed by atoms with E-state index in [0.717, 1.165) is 25.7 Å². The molecule has 20 heavy (non-hydrogen) atoms. The summed E-state index contributed by atoms with van der Waals surface area (Å²) in [4.78, 5) is 25.4. The molecule has 2 aliphatic rings. The van der Waals surface area contributed by atoms with Gasteiger partial charge in [0.05, 0.1) is 18.6 Å². The number of amides is 2. The summed E-state index contributed by atoms with van der Waals surface area (Å²) in [7, 11) is 0. The minimum Gasteiger partial charge on any atom is -0.481 e. The second-order valence-corrected chi connectivity index (χ2v) is 5.76. The minimum atomic E-state index is -0.779. The van der Waals surface area contributed by atoms with Crippen LogP contribution in [0, 0.1) is 5.41 Å². The third-order valence-corrected chi connectivity index (χ3v) is 4.39. The number of nitrogens with zero attached hydrogens (tertiary/aromatic N) is 1. The highest BCUT2D eigenvalue weighted by Crippen LogP contribution is 2.34. The standard InChI is InChI=1S/C14H24N2O4/c17-12(18)14(5-3-1-2-4-6-14)11-15-13(19)16-7-9-20-10-8-16/h1-11H2,(H,15,19)(H,17,18). The van der Waals surface area contributed by atoms with Gasteiger partial charge in [-0.15, -0.1) is 0 Å². The Kier molecular flexibility index (Phi) is 5.23. The van der Waals surface area contributed by atoms with Crippen LogP contribution in [0.5, 0.6) is 0 Å². The number of carbonyl (C=O) groups excluding carboxylic acids is 1. The second-order valence-electron chi connectivity index (χ2n) is 5.76. The molecule has 0 aromatic rings. The molecule has 0 aromatic carbocycles. The Morgan fingerprint density at radius 2 is 1.70 bits per heavy atom. The predicted octanol–water partition coefficient (Wildman–Crippen LogP) is 1.45. The number of carboxylic acids is 1. The average Bonchev–Trinajstić information content (AvgIpc) is 2.72. The summed E-state index contributed by atoms with van der Waals surface area (Å²) in [6.07, 6.45) is 5.36. The zero-order valence-corrected chi connectivity index (χ0v) is 11.9. The van der Waals surface area contributed by atoms with Gasteiger partial charge in [-0.25, -0.2) is 4.79 Å². The van der Waals surface area contributed by atoms with Crippen molar-refractivity contribution in [3.63, 3.8) is 0 Å². The first-order valence-corrected chi connectivity index (χ1v) is 7.48. The maximum atomic E-state index is 12.1. The van der Waals surface area contributed by atoms with Crippen molar-refractivity contribution >= 4 is 12.0 Å². The zero-order valence-electron chi connectivity index (χ0n) is 11.9. The molecule has 1 aliphatic heterocycles. The molecule has 6 nitrogen and oxygen atoms in total. The average molecular weight is 284 g/mol. The topological polar surface area (TPSA) is 78.9 Å². The van der Waals surface area contributed by atoms with Crippen LogP contribution in [0.4, 0.5) is 4.79 Å². The van der Waals surface area contributed by atoms with E-state index in [-0.39, 0.29) is 12.6 Å². The number of carboxylic acid groups (broad SMARTS) is 1. The zero-order chi connectivity index (χ0) is 14.4. The van der Waals surface area contributed by atoms with Crippen molar-refractivity contribution in [2.75, 3.05) is 32.8 Å². The van der Waals surface area contributed by atoms with Crippen molar-refractivity contribution in [3.05, 3.63) is 0 Å². The van der Waals surface area contributed by atoms with Gasteiger partial charge in [0.15, 0.2) is 0 Å². The van der Waals surface area contributed by atoms with Gasteiger partial charge >= 0.3 is 12.0 Å². The van der Waals surface area contributed by atoms with Gasteiger partial charge in [-0.2, -0.15) is 0 Å². The number of ether oxygens (including phenoxy) is 1. The summed E-state index contributed by atoms with van der Waals surface area (Å²) < 4.78 is 5.20. The van der Waals surface area contributed by atoms with E-state index in [4.69, 9.17) is 4.74 Å². The SMILES string of the molecule is O=C(NCC1(C(=O)O)CCCCCC1)N1CCOCC1. The van der Waals surface area contributed by atoms with Crippen molar-refractivity contribution in [2.24, 2.45) is 5.41 Å². The summed E-state index contributed by atoms with van der Waals surface area (Å²) in [5.41, 5.74) is -0.779. The third kappa shape index (κ3) is 3.62. The molecule has 0 bridgehead atoms. The molecule has 0 spiro atoms. The molecule has 0 atom stereocenters. The van der Waals surface area contributed by atoms with Crippen LogP contribution in [0.15, 0.2) is 0 Å². The molecule has 114 valence electrons. The van der Waals surface area contributed by atoms with Gasteiger partial charge in [-0.05, 0) is 12.8 Å². The second kappa shape index (κ2) is 6.92. The van der Waals surface area contributed by atoms with Gasteiger partial charge in [0.2, 0.25) is 0 Å². The van der Waals surface area contributed by atoms with E-state index in [1.54, 1.807) is 4.90 Å². The molecule has 2 fully saturated rings. The number of rotatable bonds is 3. The third-order valence-electron chi connectivity index (χ3n) is 4.39. The lowest BCUT2D eigenvalue weighted by Gasteiger charge is -2.31. The number of hydrogen-bond donors (Lipinski definition) is 2. The summed E-state index contributed by atoms with van der Waals surface area (Å²) in [5, 5.41) is 12.4. The number of nitrogens with one attached hydrogen (secondary N) is 1. The van der Waals surface area contributed by atoms with Gasteiger partial charge in [-0.1, -0.05) is 25.7 Å². The number of aliphatic carboxylic acids is 1. The molecule has 0 unspecified atom stereocenters. The smallest absolute Gasteiger partial charge is 0.317 e. The van der Waals surface area contributed by atoms with E-state index in [2.05, 4.69) is 5.32 Å². The Bertz CT molecular complexity index is 345. The number of morpholine rings is 1. The maximum absolute atomic E-state index is 12.1. The van der Waals surface area contributed by atoms with Crippen LogP contribution in [0.25, 0.3) is 0 Å². The number of carbonyl (C=O) groups is 2. The number of urea groups is 1. The highest BCUT2D eigenvalue weighted by molar-refractivity contribution is 5.78. The van der Waals surface area contributed by atoms with E-state index >= 15 is 0 Å². The summed E-state index contributed by atoms with van der Waals surface area (Å²) in [6, 6.07) is -0.168. The summed E-state index contributed by atoms with van der Waals surface area (Å²) in [5.74, 6) is -0.776. The van der Waals surface area contributed by atoms with Gasteiger partial charge in [0.25, 0.3) is 0 Å². The highest BCUT2D eigenvalue weighted by Gasteiger charge is 2.39. The van der Waals surface area contributed by atoms with Crippen LogP contribution in [0.3, 0.4) is 0 Å². The van der Waals surface area contributed by atoms with E-state index < -0.39 is 11.4 Å². The Hall–Kier alpha value is -1.30. The van der Waals surface area contributed by atoms with Crippen LogP contribution < -0.4 is 5.32 Å². The maximum Gasteiger partial charge on any atom is 0.317 e. The molecule has 1 heterocycles. The van der Waals surface area contributed by atoms with E-state index in [1.807, 2.05) is 0 Å². The summed E-state index contributed by atoms with van der Waals surface area (Å²) in [6.45, 7) is 2.49. The molecule has 1 saturated carbocycles. The lowest BCUT2D eigenvalue weighted by atomic mass is 9.80. The molecule has 2 rings (SSSR count). The van der Waals surface area contributed by atoms with Crippen LogP contribution in [0.2, 0.25) is 0 Å². The van der Waals surface area contributed by atoms with Crippen LogP contribution in [-0.4, -0.2) is 54.9 Å². The molecule has 1 saturated heterocycles. The molecule has 0 aromatic heterocycles. The lowest BCUT2D eigenvalue weighted by molar-refractivity contribution is -0.149. The van der Waals surface area contributed by atoms with Gasteiger partial charge < -0.3 is 20.1 Å². The fraction of sp³-hybridized carbons (Fsp3) is 0.857. The van der Waals surface area contributed by atoms with Crippen LogP contribution in [0.1, 0.15) is 38.5 Å². The molecule has 0 radical (unpaired) electrons. The Balaban J connectivity index is 1.91. The first-order chi connectivity index (χ1) is 9.64. The normalized spacial score (nSPS) is 22.9. The molecular weight excluding hydrogens is 260 g/mol. The van der Waals surface area contributed by atoms with Gasteiger partial charge in [0.1, 0.15) is 0 Å². The largest absolute Gasteiger partial charge is 0.481 e. The molecule has 6 heteroatoms. The van der Waals surface area contributed by atoms with Crippen molar-refractivity contribution in [3.8, 4) is 0 Å². The van der Waals surface area contributed by atoms with E-state index in [9.17, 15) is 14.7 Å². The number of hydrogen-bond acceptors (Lipinski definition) is 3. The predicted molar refractivity (Wildman–Crippen MR) is 73.6 cm³/mol. The quantitative estimate of drug-likeness (QED) is 0.769. The van der Waals surface area contributed by atoms with Gasteiger partial charge in [-0.3, -0.25) is 4.79 Å². The van der Waals surface area contributed by atoms with Crippen LogP contribution in [-0.2, 0) is 9.53 Å². The van der Waals surface area contributed by atoms with Crippen molar-refractivity contribution in [2.45, 2.75) is 38.5 Å². The molecule has 1 aliphatic carbocycles. The van der Waals surface area contributed by atoms with E-state index in [0.29, 0.717) is 39.1 Å². The Labute approximate surface area is 119 Å². The Morgan fingerprint density at radius 3 is 2.25 bits per heavy atom. The first-order valence-electron chi connectivity index (χ1n) is 7.48. The molecule has 2 N–H and O–H groups in total. The van der Waals surface area contributed by atoms with Crippen LogP contribution >= 0.6 is 0 Å². The molecule has 2 amide bonds. The van der Waals surface area contributed by atoms with Gasteiger partial charge in [0, 0.05) is 19.6 Å². The fourth-order valence-electron chi connectivity index (χ4n) is 2.99. The summed E-state index contributed by atoms with van der Waals surface area (Å²) >= 11 is 0. The van der Waals surface area contributed by atoms with Crippen molar-refractivity contribution in [1.29, 1.82) is 0 Å². The fourth-order valence-corrected chi connectivity index (χ4v) is 2.99. The minimum absolute atomic E-state index is 0.168. The highest BCUT2D eigenvalue weighted by atomic mass is 16.5. The molecular formula is C14H24N2O4.